The molecule has 2 N–H and O–H groups in total. The zero-order chi connectivity index (χ0) is 18.5. The quantitative estimate of drug-likeness (QED) is 0.786. The molecule has 1 aliphatic carbocycles. The number of rotatable bonds is 4. The SMILES string of the molecule is C[C@H]1CCc2c(sc(NC(=S)NC(=O)COc3ccccc3)c2C#N)C1. The lowest BCUT2D eigenvalue weighted by Crippen LogP contribution is -2.37. The Hall–Kier alpha value is -2.43. The number of nitrogens with zero attached hydrogens (tertiary/aromatic N) is 1. The summed E-state index contributed by atoms with van der Waals surface area (Å²) in [7, 11) is 0. The summed E-state index contributed by atoms with van der Waals surface area (Å²) in [4.78, 5) is 13.2. The number of carbonyl (C=O) groups excluding carboxylic acids is 1. The molecule has 0 saturated carbocycles. The smallest absolute Gasteiger partial charge is 0.264 e. The number of hydrogen-bond acceptors (Lipinski definition) is 5. The van der Waals surface area contributed by atoms with E-state index in [-0.39, 0.29) is 17.6 Å². The lowest BCUT2D eigenvalue weighted by atomic mass is 9.89. The summed E-state index contributed by atoms with van der Waals surface area (Å²) in [5, 5.41) is 16.0. The van der Waals surface area contributed by atoms with Crippen molar-refractivity contribution >= 4 is 39.6 Å². The fraction of sp³-hybridized carbons (Fsp3) is 0.316. The Morgan fingerprint density at radius 2 is 2.19 bits per heavy atom. The van der Waals surface area contributed by atoms with Gasteiger partial charge in [-0.1, -0.05) is 25.1 Å². The van der Waals surface area contributed by atoms with Crippen LogP contribution in [0.3, 0.4) is 0 Å². The lowest BCUT2D eigenvalue weighted by Gasteiger charge is -2.17. The van der Waals surface area contributed by atoms with Gasteiger partial charge >= 0.3 is 0 Å². The zero-order valence-corrected chi connectivity index (χ0v) is 16.0. The predicted molar refractivity (Wildman–Crippen MR) is 107 cm³/mol. The average Bonchev–Trinajstić information content (AvgIpc) is 2.96. The first-order chi connectivity index (χ1) is 12.6. The molecule has 2 aromatic rings. The van der Waals surface area contributed by atoms with Gasteiger partial charge in [0, 0.05) is 4.88 Å². The molecule has 5 nitrogen and oxygen atoms in total. The van der Waals surface area contributed by atoms with Crippen LogP contribution < -0.4 is 15.4 Å². The molecule has 26 heavy (non-hydrogen) atoms. The van der Waals surface area contributed by atoms with Crippen LogP contribution in [-0.4, -0.2) is 17.6 Å². The van der Waals surface area contributed by atoms with Crippen LogP contribution in [-0.2, 0) is 17.6 Å². The largest absolute Gasteiger partial charge is 0.484 e. The second kappa shape index (κ2) is 8.30. The number of thiophene rings is 1. The highest BCUT2D eigenvalue weighted by Crippen LogP contribution is 2.39. The zero-order valence-electron chi connectivity index (χ0n) is 14.4. The molecule has 1 atom stereocenters. The van der Waals surface area contributed by atoms with Gasteiger partial charge in [0.25, 0.3) is 5.91 Å². The van der Waals surface area contributed by atoms with Crippen LogP contribution in [0.2, 0.25) is 0 Å². The van der Waals surface area contributed by atoms with Crippen LogP contribution in [0.15, 0.2) is 30.3 Å². The first kappa shape index (κ1) is 18.4. The van der Waals surface area contributed by atoms with Crippen molar-refractivity contribution in [1.29, 1.82) is 5.26 Å². The number of nitrogens with one attached hydrogen (secondary N) is 2. The molecular weight excluding hydrogens is 366 g/mol. The number of hydrogen-bond donors (Lipinski definition) is 2. The number of benzene rings is 1. The predicted octanol–water partition coefficient (Wildman–Crippen LogP) is 3.64. The van der Waals surface area contributed by atoms with E-state index in [1.54, 1.807) is 23.5 Å². The van der Waals surface area contributed by atoms with Crippen LogP contribution in [0, 0.1) is 17.2 Å². The third-order valence-corrected chi connectivity index (χ3v) is 5.59. The third kappa shape index (κ3) is 4.40. The molecule has 1 heterocycles. The van der Waals surface area contributed by atoms with Crippen LogP contribution in [0.4, 0.5) is 5.00 Å². The minimum atomic E-state index is -0.347. The molecule has 0 bridgehead atoms. The van der Waals surface area contributed by atoms with E-state index < -0.39 is 0 Å². The van der Waals surface area contributed by atoms with Gasteiger partial charge in [-0.15, -0.1) is 11.3 Å². The Balaban J connectivity index is 1.58. The van der Waals surface area contributed by atoms with Crippen molar-refractivity contribution in [2.75, 3.05) is 11.9 Å². The molecule has 0 aliphatic heterocycles. The van der Waals surface area contributed by atoms with Gasteiger partial charge in [0.05, 0.1) is 5.56 Å². The number of amides is 1. The van der Waals surface area contributed by atoms with E-state index in [4.69, 9.17) is 17.0 Å². The Labute approximate surface area is 162 Å². The van der Waals surface area contributed by atoms with Crippen LogP contribution in [0.25, 0.3) is 0 Å². The minimum absolute atomic E-state index is 0.130. The maximum absolute atomic E-state index is 12.0. The van der Waals surface area contributed by atoms with Crippen LogP contribution in [0.1, 0.15) is 29.3 Å². The monoisotopic (exact) mass is 385 g/mol. The molecule has 1 amide bonds. The summed E-state index contributed by atoms with van der Waals surface area (Å²) in [6.07, 6.45) is 3.00. The number of carbonyl (C=O) groups is 1. The number of anilines is 1. The van der Waals surface area contributed by atoms with Crippen LogP contribution in [0.5, 0.6) is 5.75 Å². The molecule has 0 radical (unpaired) electrons. The number of ether oxygens (including phenoxy) is 1. The summed E-state index contributed by atoms with van der Waals surface area (Å²) >= 11 is 6.77. The highest BCUT2D eigenvalue weighted by Gasteiger charge is 2.24. The average molecular weight is 386 g/mol. The maximum Gasteiger partial charge on any atom is 0.264 e. The summed E-state index contributed by atoms with van der Waals surface area (Å²) in [6, 6.07) is 11.4. The molecule has 1 aliphatic rings. The molecule has 0 unspecified atom stereocenters. The van der Waals surface area contributed by atoms with Crippen molar-refractivity contribution in [3.05, 3.63) is 46.3 Å². The van der Waals surface area contributed by atoms with E-state index in [2.05, 4.69) is 23.6 Å². The second-order valence-electron chi connectivity index (χ2n) is 6.27. The Morgan fingerprint density at radius 3 is 2.92 bits per heavy atom. The van der Waals surface area contributed by atoms with E-state index in [0.29, 0.717) is 22.2 Å². The normalized spacial score (nSPS) is 15.5. The van der Waals surface area contributed by atoms with Crippen molar-refractivity contribution in [2.45, 2.75) is 26.2 Å². The van der Waals surface area contributed by atoms with Gasteiger partial charge in [-0.25, -0.2) is 0 Å². The summed E-state index contributed by atoms with van der Waals surface area (Å²) in [5.74, 6) is 0.899. The maximum atomic E-state index is 12.0. The number of fused-ring (bicyclic) bond motifs is 1. The molecule has 0 fully saturated rings. The molecule has 1 aromatic carbocycles. The lowest BCUT2D eigenvalue weighted by molar-refractivity contribution is -0.121. The Bertz CT molecular complexity index is 856. The first-order valence-corrected chi connectivity index (χ1v) is 9.62. The van der Waals surface area contributed by atoms with E-state index in [1.807, 2.05) is 18.2 Å². The number of thiocarbonyl (C=S) groups is 1. The van der Waals surface area contributed by atoms with Gasteiger partial charge in [0.1, 0.15) is 16.8 Å². The fourth-order valence-corrected chi connectivity index (χ4v) is 4.57. The fourth-order valence-electron chi connectivity index (χ4n) is 2.92. The Morgan fingerprint density at radius 1 is 1.42 bits per heavy atom. The summed E-state index contributed by atoms with van der Waals surface area (Å²) in [6.45, 7) is 2.09. The summed E-state index contributed by atoms with van der Waals surface area (Å²) < 4.78 is 5.39. The molecular formula is C19H19N3O2S2. The van der Waals surface area contributed by atoms with Crippen molar-refractivity contribution in [3.63, 3.8) is 0 Å². The van der Waals surface area contributed by atoms with E-state index in [0.717, 1.165) is 24.8 Å². The molecule has 3 rings (SSSR count). The van der Waals surface area contributed by atoms with E-state index >= 15 is 0 Å². The van der Waals surface area contributed by atoms with Gasteiger partial charge in [-0.05, 0) is 55.1 Å². The topological polar surface area (TPSA) is 74.2 Å². The minimum Gasteiger partial charge on any atom is -0.484 e. The van der Waals surface area contributed by atoms with Gasteiger partial charge in [-0.3, -0.25) is 10.1 Å². The molecule has 1 aromatic heterocycles. The molecule has 0 saturated heterocycles. The Kier molecular flexibility index (Phi) is 5.86. The van der Waals surface area contributed by atoms with Crippen molar-refractivity contribution in [3.8, 4) is 11.8 Å². The van der Waals surface area contributed by atoms with Gasteiger partial charge in [-0.2, -0.15) is 5.26 Å². The van der Waals surface area contributed by atoms with E-state index in [1.165, 1.54) is 4.88 Å². The van der Waals surface area contributed by atoms with Gasteiger partial charge in [0.2, 0.25) is 0 Å². The standard InChI is InChI=1S/C19H19N3O2S2/c1-12-7-8-14-15(10-20)18(26-16(14)9-12)22-19(25)21-17(23)11-24-13-5-3-2-4-6-13/h2-6,12H,7-9,11H2,1H3,(H2,21,22,23,25)/t12-/m0/s1. The number of para-hydroxylation sites is 1. The van der Waals surface area contributed by atoms with Crippen molar-refractivity contribution in [1.82, 2.24) is 5.32 Å². The van der Waals surface area contributed by atoms with Crippen molar-refractivity contribution < 1.29 is 9.53 Å². The van der Waals surface area contributed by atoms with Gasteiger partial charge < -0.3 is 10.1 Å². The molecule has 0 spiro atoms. The summed E-state index contributed by atoms with van der Waals surface area (Å²) in [5.41, 5.74) is 1.77. The van der Waals surface area contributed by atoms with Crippen LogP contribution >= 0.6 is 23.6 Å². The number of nitriles is 1. The highest BCUT2D eigenvalue weighted by molar-refractivity contribution is 7.80. The van der Waals surface area contributed by atoms with Gasteiger partial charge in [0.15, 0.2) is 11.7 Å². The first-order valence-electron chi connectivity index (χ1n) is 8.40. The molecule has 134 valence electrons. The molecule has 7 heteroatoms. The highest BCUT2D eigenvalue weighted by atomic mass is 32.1. The van der Waals surface area contributed by atoms with Crippen molar-refractivity contribution in [2.24, 2.45) is 5.92 Å². The van der Waals surface area contributed by atoms with E-state index in [9.17, 15) is 10.1 Å². The second-order valence-corrected chi connectivity index (χ2v) is 7.79. The third-order valence-electron chi connectivity index (χ3n) is 4.22.